The van der Waals surface area contributed by atoms with Crippen LogP contribution < -0.4 is 5.32 Å². The maximum absolute atomic E-state index is 13.5. The Kier molecular flexibility index (Phi) is 45.9. The van der Waals surface area contributed by atoms with Gasteiger partial charge < -0.3 is 19.4 Å². The Morgan fingerprint density at radius 1 is 0.529 bits per heavy atom. The van der Waals surface area contributed by atoms with E-state index in [0.29, 0.717) is 17.4 Å². The lowest BCUT2D eigenvalue weighted by atomic mass is 10.1. The summed E-state index contributed by atoms with van der Waals surface area (Å²) in [7, 11) is 1.46. The van der Waals surface area contributed by atoms with E-state index in [1.54, 1.807) is 0 Å². The number of rotatable bonds is 48. The summed E-state index contributed by atoms with van der Waals surface area (Å²) in [5.74, 6) is -0.560. The fraction of sp³-hybridized carbons (Fsp3) is 0.724. The van der Waals surface area contributed by atoms with Crippen LogP contribution in [-0.2, 0) is 27.9 Å². The summed E-state index contributed by atoms with van der Waals surface area (Å²) in [6.07, 6.45) is 61.5. The standard InChI is InChI=1S/C58H103N2O7P/c1-7-10-13-16-19-22-25-27-28-29-30-31-32-33-36-38-41-44-47-50-57(61)59-55(54-66-68(63,64)65-53-52-60(4,5)6)56(49-46-43-40-37-35-26-23-20-17-14-11-8-2)67-58(62)51-48-45-42-39-34-24-21-18-15-12-9-3/h10,13,18-19,21-22,27-28,30-31,33,36,46,49,55-56H,7-9,11-12,14-17,20,23-26,29,32,34-35,37-45,47-48,50-54H2,1-6H3,(H-,59,61,63,64)/p+1/b13-10-,21-18-,22-19-,28-27-,31-30-,36-33-,49-46-. The molecule has 10 heteroatoms. The predicted molar refractivity (Wildman–Crippen MR) is 291 cm³/mol. The lowest BCUT2D eigenvalue weighted by Crippen LogP contribution is -2.47. The van der Waals surface area contributed by atoms with E-state index in [1.807, 2.05) is 33.3 Å². The van der Waals surface area contributed by atoms with Crippen LogP contribution in [-0.4, -0.2) is 74.3 Å². The van der Waals surface area contributed by atoms with E-state index in [0.717, 1.165) is 116 Å². The SMILES string of the molecule is CC/C=C\C/C=C\C/C=C\C/C=C\C/C=C\CCCCCC(=O)NC(COP(=O)(O)OCC[N+](C)(C)C)C(/C=C\CCCCCCCCCCCC)OC(=O)CCCCCCC/C=C\CCCC. The van der Waals surface area contributed by atoms with Crippen molar-refractivity contribution in [2.45, 2.75) is 232 Å². The number of allylic oxidation sites excluding steroid dienone is 13. The molecule has 3 unspecified atom stereocenters. The molecule has 0 bridgehead atoms. The second-order valence-corrected chi connectivity index (χ2v) is 20.8. The molecule has 0 aromatic carbocycles. The summed E-state index contributed by atoms with van der Waals surface area (Å²) in [5, 5.41) is 3.02. The van der Waals surface area contributed by atoms with Crippen molar-refractivity contribution in [3.63, 3.8) is 0 Å². The first-order valence-electron chi connectivity index (χ1n) is 27.4. The third-order valence-corrected chi connectivity index (χ3v) is 12.6. The molecule has 0 aliphatic heterocycles. The monoisotopic (exact) mass is 972 g/mol. The van der Waals surface area contributed by atoms with Gasteiger partial charge in [0.25, 0.3) is 0 Å². The van der Waals surface area contributed by atoms with Crippen molar-refractivity contribution >= 4 is 19.7 Å². The van der Waals surface area contributed by atoms with E-state index in [-0.39, 0.29) is 37.9 Å². The number of ether oxygens (including phenoxy) is 1. The fourth-order valence-corrected chi connectivity index (χ4v) is 8.03. The molecule has 0 saturated carbocycles. The second kappa shape index (κ2) is 47.8. The number of carbonyl (C=O) groups excluding carboxylic acids is 2. The number of phosphoric acid groups is 1. The number of esters is 1. The second-order valence-electron chi connectivity index (χ2n) is 19.4. The van der Waals surface area contributed by atoms with Crippen molar-refractivity contribution < 1.29 is 37.3 Å². The molecule has 0 aliphatic carbocycles. The normalized spacial score (nSPS) is 14.5. The average Bonchev–Trinajstić information content (AvgIpc) is 3.29. The summed E-state index contributed by atoms with van der Waals surface area (Å²) in [6, 6.07) is -0.871. The van der Waals surface area contributed by atoms with E-state index in [1.165, 1.54) is 64.2 Å². The van der Waals surface area contributed by atoms with Crippen molar-refractivity contribution in [3.8, 4) is 0 Å². The maximum atomic E-state index is 13.5. The van der Waals surface area contributed by atoms with Crippen molar-refractivity contribution in [2.75, 3.05) is 40.9 Å². The van der Waals surface area contributed by atoms with E-state index < -0.39 is 20.0 Å². The molecule has 0 aromatic rings. The number of amides is 1. The molecule has 0 heterocycles. The Morgan fingerprint density at radius 3 is 1.49 bits per heavy atom. The van der Waals surface area contributed by atoms with Crippen molar-refractivity contribution in [1.82, 2.24) is 5.32 Å². The van der Waals surface area contributed by atoms with Gasteiger partial charge in [0.1, 0.15) is 19.3 Å². The minimum atomic E-state index is -4.45. The van der Waals surface area contributed by atoms with Gasteiger partial charge in [-0.2, -0.15) is 0 Å². The summed E-state index contributed by atoms with van der Waals surface area (Å²) in [4.78, 5) is 37.5. The molecular weight excluding hydrogens is 868 g/mol. The largest absolute Gasteiger partial charge is 0.472 e. The Bertz CT molecular complexity index is 1440. The maximum Gasteiger partial charge on any atom is 0.472 e. The number of quaternary nitrogens is 1. The van der Waals surface area contributed by atoms with Crippen molar-refractivity contribution in [1.29, 1.82) is 0 Å². The van der Waals surface area contributed by atoms with Crippen LogP contribution in [0.3, 0.4) is 0 Å². The highest BCUT2D eigenvalue weighted by molar-refractivity contribution is 7.47. The van der Waals surface area contributed by atoms with Gasteiger partial charge in [-0.1, -0.05) is 196 Å². The first kappa shape index (κ1) is 65.2. The first-order chi connectivity index (χ1) is 32.9. The number of carbonyl (C=O) groups is 2. The molecule has 0 aliphatic rings. The molecule has 0 aromatic heterocycles. The Balaban J connectivity index is 5.42. The molecule has 0 saturated heterocycles. The number of nitrogens with zero attached hydrogens (tertiary/aromatic N) is 1. The molecular formula is C58H104N2O7P+. The molecule has 0 spiro atoms. The van der Waals surface area contributed by atoms with Gasteiger partial charge in [0, 0.05) is 12.8 Å². The minimum absolute atomic E-state index is 0.0285. The Labute approximate surface area is 418 Å². The molecule has 9 nitrogen and oxygen atoms in total. The molecule has 0 rings (SSSR count). The predicted octanol–water partition coefficient (Wildman–Crippen LogP) is 16.3. The summed E-state index contributed by atoms with van der Waals surface area (Å²) in [5.41, 5.74) is 0. The highest BCUT2D eigenvalue weighted by Gasteiger charge is 2.30. The molecule has 2 N–H and O–H groups in total. The first-order valence-corrected chi connectivity index (χ1v) is 28.9. The quantitative estimate of drug-likeness (QED) is 0.0205. The lowest BCUT2D eigenvalue weighted by molar-refractivity contribution is -0.870. The number of likely N-dealkylation sites (N-methyl/N-ethyl adjacent to an activating group) is 1. The molecule has 1 amide bonds. The van der Waals surface area contributed by atoms with Crippen molar-refractivity contribution in [2.24, 2.45) is 0 Å². The smallest absolute Gasteiger partial charge is 0.456 e. The number of unbranched alkanes of at least 4 members (excludes halogenated alkanes) is 20. The fourth-order valence-electron chi connectivity index (χ4n) is 7.30. The van der Waals surface area contributed by atoms with E-state index in [9.17, 15) is 19.0 Å². The average molecular weight is 972 g/mol. The van der Waals surface area contributed by atoms with Gasteiger partial charge in [-0.05, 0) is 96.0 Å². The van der Waals surface area contributed by atoms with Crippen LogP contribution in [0.4, 0.5) is 0 Å². The minimum Gasteiger partial charge on any atom is -0.456 e. The topological polar surface area (TPSA) is 111 Å². The third kappa shape index (κ3) is 48.2. The van der Waals surface area contributed by atoms with Crippen LogP contribution in [0, 0.1) is 0 Å². The molecule has 0 fully saturated rings. The van der Waals surface area contributed by atoms with E-state index >= 15 is 0 Å². The van der Waals surface area contributed by atoms with Crippen LogP contribution in [0.25, 0.3) is 0 Å². The zero-order valence-corrected chi connectivity index (χ0v) is 45.5. The van der Waals surface area contributed by atoms with Gasteiger partial charge >= 0.3 is 13.8 Å². The van der Waals surface area contributed by atoms with Gasteiger partial charge in [-0.25, -0.2) is 4.57 Å². The highest BCUT2D eigenvalue weighted by Crippen LogP contribution is 2.43. The molecule has 3 atom stereocenters. The summed E-state index contributed by atoms with van der Waals surface area (Å²) >= 11 is 0. The highest BCUT2D eigenvalue weighted by atomic mass is 31.2. The number of hydrogen-bond donors (Lipinski definition) is 2. The summed E-state index contributed by atoms with van der Waals surface area (Å²) in [6.45, 7) is 6.80. The van der Waals surface area contributed by atoms with Gasteiger partial charge in [0.2, 0.25) is 5.91 Å². The molecule has 392 valence electrons. The van der Waals surface area contributed by atoms with Gasteiger partial charge in [-0.3, -0.25) is 18.6 Å². The summed E-state index contributed by atoms with van der Waals surface area (Å²) < 4.78 is 30.5. The van der Waals surface area contributed by atoms with Crippen LogP contribution in [0.5, 0.6) is 0 Å². The van der Waals surface area contributed by atoms with Gasteiger partial charge in [0.05, 0.1) is 33.8 Å². The number of nitrogens with one attached hydrogen (secondary N) is 1. The van der Waals surface area contributed by atoms with E-state index in [4.69, 9.17) is 13.8 Å². The number of hydrogen-bond acceptors (Lipinski definition) is 6. The third-order valence-electron chi connectivity index (χ3n) is 11.6. The van der Waals surface area contributed by atoms with Crippen LogP contribution in [0.15, 0.2) is 85.1 Å². The lowest BCUT2D eigenvalue weighted by Gasteiger charge is -2.27. The van der Waals surface area contributed by atoms with Crippen LogP contribution >= 0.6 is 7.82 Å². The molecule has 68 heavy (non-hydrogen) atoms. The number of phosphoric ester groups is 1. The zero-order chi connectivity index (χ0) is 50.1. The van der Waals surface area contributed by atoms with Crippen molar-refractivity contribution in [3.05, 3.63) is 85.1 Å². The Morgan fingerprint density at radius 2 is 0.956 bits per heavy atom. The zero-order valence-electron chi connectivity index (χ0n) is 44.6. The van der Waals surface area contributed by atoms with Gasteiger partial charge in [-0.15, -0.1) is 0 Å². The van der Waals surface area contributed by atoms with Crippen LogP contribution in [0.1, 0.15) is 220 Å². The van der Waals surface area contributed by atoms with Gasteiger partial charge in [0.15, 0.2) is 0 Å². The van der Waals surface area contributed by atoms with Crippen LogP contribution in [0.2, 0.25) is 0 Å². The van der Waals surface area contributed by atoms with E-state index in [2.05, 4.69) is 99.0 Å². The Hall–Kier alpha value is -2.81. The molecule has 0 radical (unpaired) electrons.